The van der Waals surface area contributed by atoms with E-state index in [-0.39, 0.29) is 0 Å². The van der Waals surface area contributed by atoms with Gasteiger partial charge in [0.15, 0.2) is 5.13 Å². The maximum atomic E-state index is 4.63. The highest BCUT2D eigenvalue weighted by atomic mass is 79.9. The number of halogens is 1. The Bertz CT molecular complexity index is 767. The molecule has 1 atom stereocenters. The van der Waals surface area contributed by atoms with Crippen LogP contribution in [0.15, 0.2) is 34.6 Å². The quantitative estimate of drug-likeness (QED) is 0.653. The van der Waals surface area contributed by atoms with Gasteiger partial charge in [0, 0.05) is 47.9 Å². The van der Waals surface area contributed by atoms with E-state index < -0.39 is 0 Å². The van der Waals surface area contributed by atoms with E-state index in [9.17, 15) is 0 Å². The first kappa shape index (κ1) is 15.3. The lowest BCUT2D eigenvalue weighted by Crippen LogP contribution is -2.34. The van der Waals surface area contributed by atoms with Gasteiger partial charge in [0.1, 0.15) is 0 Å². The van der Waals surface area contributed by atoms with Crippen molar-refractivity contribution in [2.24, 2.45) is 0 Å². The lowest BCUT2D eigenvalue weighted by molar-refractivity contribution is 0.508. The lowest BCUT2D eigenvalue weighted by Gasteiger charge is -2.31. The second-order valence-electron chi connectivity index (χ2n) is 5.62. The molecular formula is C15H16BrN5S2. The number of rotatable bonds is 4. The molecule has 0 aliphatic carbocycles. The van der Waals surface area contributed by atoms with E-state index in [0.717, 1.165) is 29.2 Å². The van der Waals surface area contributed by atoms with Gasteiger partial charge in [-0.15, -0.1) is 11.3 Å². The summed E-state index contributed by atoms with van der Waals surface area (Å²) in [7, 11) is 0. The van der Waals surface area contributed by atoms with Gasteiger partial charge in [-0.05, 0) is 28.8 Å². The first-order chi connectivity index (χ1) is 11.3. The third-order valence-corrected chi connectivity index (χ3v) is 6.34. The standard InChI is InChI=1S/C15H16BrN5S2/c16-12-6-19-21(9-12)10-13-7-18-15(23-13)20-4-1-2-11(8-20)14-17-3-5-22-14/h3,5-7,9,11H,1-2,4,8,10H2. The van der Waals surface area contributed by atoms with Crippen LogP contribution in [0.25, 0.3) is 0 Å². The monoisotopic (exact) mass is 409 g/mol. The molecule has 1 saturated heterocycles. The molecule has 4 heterocycles. The van der Waals surface area contributed by atoms with Crippen LogP contribution in [0.5, 0.6) is 0 Å². The van der Waals surface area contributed by atoms with Gasteiger partial charge in [0.2, 0.25) is 0 Å². The molecular weight excluding hydrogens is 394 g/mol. The Morgan fingerprint density at radius 2 is 2.26 bits per heavy atom. The van der Waals surface area contributed by atoms with E-state index in [2.05, 4.69) is 41.3 Å². The van der Waals surface area contributed by atoms with Crippen molar-refractivity contribution >= 4 is 43.7 Å². The van der Waals surface area contributed by atoms with Gasteiger partial charge in [-0.3, -0.25) is 4.68 Å². The van der Waals surface area contributed by atoms with Crippen molar-refractivity contribution in [3.63, 3.8) is 0 Å². The highest BCUT2D eigenvalue weighted by Gasteiger charge is 2.24. The number of piperidine rings is 1. The molecule has 3 aromatic heterocycles. The van der Waals surface area contributed by atoms with Crippen LogP contribution in [-0.4, -0.2) is 32.8 Å². The number of hydrogen-bond acceptors (Lipinski definition) is 6. The van der Waals surface area contributed by atoms with Crippen molar-refractivity contribution in [3.8, 4) is 0 Å². The molecule has 0 N–H and O–H groups in total. The number of hydrogen-bond donors (Lipinski definition) is 0. The van der Waals surface area contributed by atoms with Crippen LogP contribution in [0.3, 0.4) is 0 Å². The number of aromatic nitrogens is 4. The average molecular weight is 410 g/mol. The third kappa shape index (κ3) is 3.49. The lowest BCUT2D eigenvalue weighted by atomic mass is 9.99. The minimum atomic E-state index is 0.540. The third-order valence-electron chi connectivity index (χ3n) is 3.95. The van der Waals surface area contributed by atoms with Gasteiger partial charge in [-0.25, -0.2) is 9.97 Å². The van der Waals surface area contributed by atoms with Crippen LogP contribution in [0.1, 0.15) is 28.6 Å². The molecule has 1 aliphatic heterocycles. The smallest absolute Gasteiger partial charge is 0.185 e. The Balaban J connectivity index is 1.45. The molecule has 0 bridgehead atoms. The Hall–Kier alpha value is -1.25. The zero-order valence-corrected chi connectivity index (χ0v) is 15.6. The van der Waals surface area contributed by atoms with E-state index in [4.69, 9.17) is 0 Å². The van der Waals surface area contributed by atoms with Crippen molar-refractivity contribution in [3.05, 3.63) is 44.5 Å². The first-order valence-electron chi connectivity index (χ1n) is 7.55. The van der Waals surface area contributed by atoms with Gasteiger partial charge in [0.05, 0.1) is 22.2 Å². The fourth-order valence-electron chi connectivity index (χ4n) is 2.89. The van der Waals surface area contributed by atoms with E-state index in [1.165, 1.54) is 22.7 Å². The summed E-state index contributed by atoms with van der Waals surface area (Å²) in [5.41, 5.74) is 0. The van der Waals surface area contributed by atoms with Gasteiger partial charge < -0.3 is 4.90 Å². The topological polar surface area (TPSA) is 46.8 Å². The molecule has 0 radical (unpaired) electrons. The predicted octanol–water partition coefficient (Wildman–Crippen LogP) is 3.99. The number of thiazole rings is 2. The van der Waals surface area contributed by atoms with Crippen LogP contribution in [-0.2, 0) is 6.54 Å². The van der Waals surface area contributed by atoms with E-state index in [1.54, 1.807) is 22.7 Å². The summed E-state index contributed by atoms with van der Waals surface area (Å²) in [5, 5.41) is 8.75. The molecule has 23 heavy (non-hydrogen) atoms. The highest BCUT2D eigenvalue weighted by Crippen LogP contribution is 2.32. The Morgan fingerprint density at radius 3 is 3.04 bits per heavy atom. The zero-order chi connectivity index (χ0) is 15.6. The Morgan fingerprint density at radius 1 is 1.30 bits per heavy atom. The second-order valence-corrected chi connectivity index (χ2v) is 8.56. The predicted molar refractivity (Wildman–Crippen MR) is 97.4 cm³/mol. The molecule has 4 rings (SSSR count). The Kier molecular flexibility index (Phi) is 4.46. The van der Waals surface area contributed by atoms with Crippen LogP contribution in [0.4, 0.5) is 5.13 Å². The highest BCUT2D eigenvalue weighted by molar-refractivity contribution is 9.10. The van der Waals surface area contributed by atoms with Crippen molar-refractivity contribution < 1.29 is 0 Å². The fourth-order valence-corrected chi connectivity index (χ4v) is 4.92. The number of anilines is 1. The SMILES string of the molecule is Brc1cnn(Cc2cnc(N3CCCC(c4nccs4)C3)s2)c1. The summed E-state index contributed by atoms with van der Waals surface area (Å²) in [5.74, 6) is 0.540. The molecule has 0 aromatic carbocycles. The average Bonchev–Trinajstić information content (AvgIpc) is 3.30. The maximum Gasteiger partial charge on any atom is 0.185 e. The Labute approximate surface area is 151 Å². The van der Waals surface area contributed by atoms with Crippen LogP contribution >= 0.6 is 38.6 Å². The van der Waals surface area contributed by atoms with E-state index >= 15 is 0 Å². The van der Waals surface area contributed by atoms with Crippen molar-refractivity contribution in [1.82, 2.24) is 19.7 Å². The van der Waals surface area contributed by atoms with Gasteiger partial charge >= 0.3 is 0 Å². The fraction of sp³-hybridized carbons (Fsp3) is 0.400. The summed E-state index contributed by atoms with van der Waals surface area (Å²) in [4.78, 5) is 12.8. The van der Waals surface area contributed by atoms with Crippen LogP contribution in [0, 0.1) is 0 Å². The molecule has 1 unspecified atom stereocenters. The molecule has 0 saturated carbocycles. The summed E-state index contributed by atoms with van der Waals surface area (Å²) in [6.45, 7) is 2.88. The van der Waals surface area contributed by atoms with E-state index in [1.807, 2.05) is 29.5 Å². The molecule has 0 amide bonds. The molecule has 3 aromatic rings. The normalized spacial score (nSPS) is 18.5. The van der Waals surface area contributed by atoms with Crippen molar-refractivity contribution in [2.75, 3.05) is 18.0 Å². The summed E-state index contributed by atoms with van der Waals surface area (Å²) in [6.07, 6.45) is 10.1. The van der Waals surface area contributed by atoms with Gasteiger partial charge in [-0.1, -0.05) is 11.3 Å². The molecule has 0 spiro atoms. The zero-order valence-electron chi connectivity index (χ0n) is 12.4. The van der Waals surface area contributed by atoms with Crippen molar-refractivity contribution in [1.29, 1.82) is 0 Å². The van der Waals surface area contributed by atoms with Crippen LogP contribution < -0.4 is 4.90 Å². The maximum absolute atomic E-state index is 4.63. The largest absolute Gasteiger partial charge is 0.347 e. The van der Waals surface area contributed by atoms with Gasteiger partial charge in [0.25, 0.3) is 0 Å². The van der Waals surface area contributed by atoms with E-state index in [0.29, 0.717) is 5.92 Å². The number of nitrogens with zero attached hydrogens (tertiary/aromatic N) is 5. The molecule has 1 fully saturated rings. The summed E-state index contributed by atoms with van der Waals surface area (Å²) >= 11 is 6.96. The second kappa shape index (κ2) is 6.70. The molecule has 8 heteroatoms. The van der Waals surface area contributed by atoms with Gasteiger partial charge in [-0.2, -0.15) is 5.10 Å². The van der Waals surface area contributed by atoms with Crippen LogP contribution in [0.2, 0.25) is 0 Å². The minimum Gasteiger partial charge on any atom is -0.347 e. The molecule has 1 aliphatic rings. The van der Waals surface area contributed by atoms with Crippen molar-refractivity contribution in [2.45, 2.75) is 25.3 Å². The molecule has 120 valence electrons. The molecule has 5 nitrogen and oxygen atoms in total. The summed E-state index contributed by atoms with van der Waals surface area (Å²) < 4.78 is 2.93. The minimum absolute atomic E-state index is 0.540. The first-order valence-corrected chi connectivity index (χ1v) is 10.0. The summed E-state index contributed by atoms with van der Waals surface area (Å²) in [6, 6.07) is 0.